The van der Waals surface area contributed by atoms with Crippen molar-refractivity contribution in [3.8, 4) is 0 Å². The number of aliphatic hydroxyl groups is 1. The Morgan fingerprint density at radius 2 is 2.00 bits per heavy atom. The highest BCUT2D eigenvalue weighted by Crippen LogP contribution is 2.29. The predicted octanol–water partition coefficient (Wildman–Crippen LogP) is 2.86. The van der Waals surface area contributed by atoms with E-state index in [-0.39, 0.29) is 16.9 Å². The molecule has 1 aromatic carbocycles. The highest BCUT2D eigenvalue weighted by Gasteiger charge is 2.22. The first-order chi connectivity index (χ1) is 8.90. The molecule has 7 heteroatoms. The molecular weight excluding hydrogens is 260 g/mol. The maximum absolute atomic E-state index is 13.6. The first kappa shape index (κ1) is 13.2. The number of nitrogens with zero attached hydrogens (tertiary/aromatic N) is 1. The van der Waals surface area contributed by atoms with Crippen LogP contribution in [0.25, 0.3) is 0 Å². The molecule has 0 aliphatic carbocycles. The van der Waals surface area contributed by atoms with Gasteiger partial charge in [0.25, 0.3) is 0 Å². The third kappa shape index (κ3) is 2.45. The van der Waals surface area contributed by atoms with Crippen molar-refractivity contribution < 1.29 is 23.2 Å². The molecule has 2 rings (SSSR count). The summed E-state index contributed by atoms with van der Waals surface area (Å²) in [6, 6.07) is 3.94. The maximum Gasteiger partial charge on any atom is 0.433 e. The van der Waals surface area contributed by atoms with E-state index >= 15 is 0 Å². The van der Waals surface area contributed by atoms with Crippen molar-refractivity contribution in [2.75, 3.05) is 0 Å². The van der Waals surface area contributed by atoms with E-state index in [0.717, 1.165) is 24.3 Å². The smallest absolute Gasteiger partial charge is 0.403 e. The molecule has 0 fully saturated rings. The lowest BCUT2D eigenvalue weighted by molar-refractivity contribution is -0.402. The third-order valence-corrected chi connectivity index (χ3v) is 2.63. The fraction of sp³-hybridized carbons (Fsp3) is 0.167. The van der Waals surface area contributed by atoms with Crippen molar-refractivity contribution >= 4 is 5.88 Å². The summed E-state index contributed by atoms with van der Waals surface area (Å²) in [5.41, 5.74) is -0.244. The van der Waals surface area contributed by atoms with Gasteiger partial charge < -0.3 is 9.52 Å². The molecule has 1 unspecified atom stereocenters. The number of benzene rings is 1. The van der Waals surface area contributed by atoms with E-state index < -0.39 is 28.5 Å². The van der Waals surface area contributed by atoms with Crippen LogP contribution in [0.1, 0.15) is 23.0 Å². The molecule has 1 aromatic heterocycles. The Bertz CT molecular complexity index is 639. The van der Waals surface area contributed by atoms with E-state index in [1.54, 1.807) is 0 Å². The number of hydrogen-bond acceptors (Lipinski definition) is 4. The van der Waals surface area contributed by atoms with Crippen molar-refractivity contribution in [2.24, 2.45) is 0 Å². The molecular formula is C12H9F2NO4. The van der Waals surface area contributed by atoms with Gasteiger partial charge in [-0.25, -0.2) is 8.78 Å². The highest BCUT2D eigenvalue weighted by molar-refractivity contribution is 5.32. The van der Waals surface area contributed by atoms with Crippen LogP contribution in [0, 0.1) is 28.7 Å². The molecule has 0 aliphatic rings. The van der Waals surface area contributed by atoms with Crippen LogP contribution in [0.5, 0.6) is 0 Å². The van der Waals surface area contributed by atoms with Gasteiger partial charge in [0.05, 0.1) is 6.07 Å². The number of nitro groups is 1. The zero-order valence-corrected chi connectivity index (χ0v) is 9.76. The Morgan fingerprint density at radius 3 is 2.58 bits per heavy atom. The second kappa shape index (κ2) is 4.77. The van der Waals surface area contributed by atoms with E-state index in [9.17, 15) is 24.0 Å². The van der Waals surface area contributed by atoms with E-state index in [4.69, 9.17) is 4.42 Å². The van der Waals surface area contributed by atoms with Crippen molar-refractivity contribution in [1.82, 2.24) is 0 Å². The normalized spacial score (nSPS) is 12.4. The molecule has 0 aliphatic heterocycles. The van der Waals surface area contributed by atoms with Crippen molar-refractivity contribution in [1.29, 1.82) is 0 Å². The number of aliphatic hydroxyl groups excluding tert-OH is 1. The van der Waals surface area contributed by atoms with Crippen LogP contribution in [-0.2, 0) is 0 Å². The molecule has 0 spiro atoms. The lowest BCUT2D eigenvalue weighted by Crippen LogP contribution is -2.03. The molecule has 1 N–H and O–H groups in total. The summed E-state index contributed by atoms with van der Waals surface area (Å²) >= 11 is 0. The summed E-state index contributed by atoms with van der Waals surface area (Å²) in [5, 5.41) is 20.3. The SMILES string of the molecule is Cc1cc(F)c(C(O)c2ccc([N+](=O)[O-])o2)cc1F. The molecule has 0 saturated heterocycles. The maximum atomic E-state index is 13.6. The Balaban J connectivity index is 2.40. The fourth-order valence-electron chi connectivity index (χ4n) is 1.61. The molecule has 19 heavy (non-hydrogen) atoms. The molecule has 1 heterocycles. The summed E-state index contributed by atoms with van der Waals surface area (Å²) in [6.07, 6.45) is -1.61. The minimum atomic E-state index is -1.61. The van der Waals surface area contributed by atoms with Crippen LogP contribution in [0.15, 0.2) is 28.7 Å². The number of rotatable bonds is 3. The molecule has 0 radical (unpaired) electrons. The van der Waals surface area contributed by atoms with Crippen LogP contribution in [0.4, 0.5) is 14.7 Å². The van der Waals surface area contributed by atoms with Gasteiger partial charge in [-0.1, -0.05) is 0 Å². The Hall–Kier alpha value is -2.28. The molecule has 0 bridgehead atoms. The van der Waals surface area contributed by atoms with E-state index in [1.807, 2.05) is 0 Å². The van der Waals surface area contributed by atoms with Gasteiger partial charge in [-0.2, -0.15) is 0 Å². The first-order valence-electron chi connectivity index (χ1n) is 5.28. The quantitative estimate of drug-likeness (QED) is 0.686. The van der Waals surface area contributed by atoms with Gasteiger partial charge in [-0.15, -0.1) is 0 Å². The molecule has 2 aromatic rings. The lowest BCUT2D eigenvalue weighted by Gasteiger charge is -2.10. The predicted molar refractivity (Wildman–Crippen MR) is 60.5 cm³/mol. The number of aryl methyl sites for hydroxylation is 1. The second-order valence-corrected chi connectivity index (χ2v) is 3.96. The van der Waals surface area contributed by atoms with Gasteiger partial charge in [0.1, 0.15) is 28.4 Å². The number of hydrogen-bond donors (Lipinski definition) is 1. The van der Waals surface area contributed by atoms with Gasteiger partial charge in [-0.05, 0) is 30.7 Å². The van der Waals surface area contributed by atoms with Crippen LogP contribution in [0.2, 0.25) is 0 Å². The molecule has 1 atom stereocenters. The van der Waals surface area contributed by atoms with Crippen molar-refractivity contribution in [2.45, 2.75) is 13.0 Å². The van der Waals surface area contributed by atoms with Gasteiger partial charge in [-0.3, -0.25) is 10.1 Å². The second-order valence-electron chi connectivity index (χ2n) is 3.96. The van der Waals surface area contributed by atoms with Gasteiger partial charge in [0.2, 0.25) is 0 Å². The number of halogens is 2. The van der Waals surface area contributed by atoms with Crippen LogP contribution in [-0.4, -0.2) is 10.0 Å². The minimum absolute atomic E-state index is 0.0962. The molecule has 0 amide bonds. The van der Waals surface area contributed by atoms with Crippen LogP contribution < -0.4 is 0 Å². The highest BCUT2D eigenvalue weighted by atomic mass is 19.1. The average molecular weight is 269 g/mol. The van der Waals surface area contributed by atoms with E-state index in [2.05, 4.69) is 0 Å². The van der Waals surface area contributed by atoms with Crippen molar-refractivity contribution in [3.05, 3.63) is 62.9 Å². The van der Waals surface area contributed by atoms with Gasteiger partial charge in [0.15, 0.2) is 0 Å². The van der Waals surface area contributed by atoms with Crippen LogP contribution in [0.3, 0.4) is 0 Å². The minimum Gasteiger partial charge on any atom is -0.403 e. The monoisotopic (exact) mass is 269 g/mol. The summed E-state index contributed by atoms with van der Waals surface area (Å²) in [5.74, 6) is -2.31. The van der Waals surface area contributed by atoms with E-state index in [1.165, 1.54) is 6.92 Å². The molecule has 100 valence electrons. The fourth-order valence-corrected chi connectivity index (χ4v) is 1.61. The molecule has 0 saturated carbocycles. The topological polar surface area (TPSA) is 76.5 Å². The van der Waals surface area contributed by atoms with E-state index in [0.29, 0.717) is 0 Å². The average Bonchev–Trinajstić information content (AvgIpc) is 2.82. The zero-order chi connectivity index (χ0) is 14.2. The number of furan rings is 1. The lowest BCUT2D eigenvalue weighted by atomic mass is 10.0. The Morgan fingerprint density at radius 1 is 1.32 bits per heavy atom. The Labute approximate surface area is 106 Å². The first-order valence-corrected chi connectivity index (χ1v) is 5.28. The Kier molecular flexibility index (Phi) is 3.30. The largest absolute Gasteiger partial charge is 0.433 e. The summed E-state index contributed by atoms with van der Waals surface area (Å²) in [4.78, 5) is 9.65. The standard InChI is InChI=1S/C12H9F2NO4/c1-6-4-9(14)7(5-8(6)13)12(16)10-2-3-11(19-10)15(17)18/h2-5,12,16H,1H3. The summed E-state index contributed by atoms with van der Waals surface area (Å²) in [6.45, 7) is 1.38. The zero-order valence-electron chi connectivity index (χ0n) is 9.76. The van der Waals surface area contributed by atoms with Crippen LogP contribution >= 0.6 is 0 Å². The summed E-state index contributed by atoms with van der Waals surface area (Å²) in [7, 11) is 0. The summed E-state index contributed by atoms with van der Waals surface area (Å²) < 4.78 is 31.7. The third-order valence-electron chi connectivity index (χ3n) is 2.63. The van der Waals surface area contributed by atoms with Crippen molar-refractivity contribution in [3.63, 3.8) is 0 Å². The van der Waals surface area contributed by atoms with Gasteiger partial charge >= 0.3 is 5.88 Å². The van der Waals surface area contributed by atoms with Gasteiger partial charge in [0, 0.05) is 5.56 Å². The molecule has 5 nitrogen and oxygen atoms in total.